The summed E-state index contributed by atoms with van der Waals surface area (Å²) in [5.74, 6) is 0.893. The molecule has 0 amide bonds. The minimum absolute atomic E-state index is 0. The Morgan fingerprint density at radius 3 is 2.39 bits per heavy atom. The van der Waals surface area contributed by atoms with Crippen molar-refractivity contribution in [1.82, 2.24) is 14.5 Å². The number of pyridine rings is 1. The molecule has 2 aliphatic rings. The normalized spacial score (nSPS) is 17.9. The minimum Gasteiger partial charge on any atom is -0.373 e. The maximum absolute atomic E-state index is 4.90. The third-order valence-corrected chi connectivity index (χ3v) is 9.77. The van der Waals surface area contributed by atoms with E-state index in [-0.39, 0.29) is 26.5 Å². The maximum atomic E-state index is 4.90. The topological polar surface area (TPSA) is 24.3 Å². The summed E-state index contributed by atoms with van der Waals surface area (Å²) >= 11 is 0. The van der Waals surface area contributed by atoms with Crippen LogP contribution in [-0.2, 0) is 26.5 Å². The molecular weight excluding hydrogens is 744 g/mol. The van der Waals surface area contributed by atoms with E-state index < -0.39 is 0 Å². The molecule has 2 aromatic heterocycles. The van der Waals surface area contributed by atoms with E-state index in [2.05, 4.69) is 170 Å². The molecule has 1 aliphatic heterocycles. The molecule has 46 heavy (non-hydrogen) atoms. The summed E-state index contributed by atoms with van der Waals surface area (Å²) in [6.45, 7) is 7.60. The fraction of sp³-hybridized carbons (Fsp3) is 0.195. The number of fused-ring (bicyclic) bond motifs is 4. The molecule has 3 heterocycles. The number of rotatable bonds is 5. The first-order valence-electron chi connectivity index (χ1n) is 15.7. The molecule has 1 aliphatic carbocycles. The second kappa shape index (κ2) is 11.8. The fourth-order valence-electron chi connectivity index (χ4n) is 7.18. The number of benzene rings is 4. The average Bonchev–Trinajstić information content (AvgIpc) is 3.59. The van der Waals surface area contributed by atoms with E-state index in [1.807, 2.05) is 6.20 Å². The van der Waals surface area contributed by atoms with Gasteiger partial charge < -0.3 is 9.47 Å². The molecule has 6 aromatic rings. The zero-order valence-electron chi connectivity index (χ0n) is 26.5. The van der Waals surface area contributed by atoms with E-state index in [0.717, 1.165) is 45.9 Å². The van der Waals surface area contributed by atoms with Gasteiger partial charge in [0.15, 0.2) is 0 Å². The van der Waals surface area contributed by atoms with E-state index >= 15 is 0 Å². The first kappa shape index (κ1) is 30.4. The van der Waals surface area contributed by atoms with Crippen molar-refractivity contribution in [2.75, 3.05) is 18.6 Å². The molecule has 0 saturated carbocycles. The molecule has 0 radical (unpaired) electrons. The summed E-state index contributed by atoms with van der Waals surface area (Å²) < 4.78 is 2.27. The van der Waals surface area contributed by atoms with E-state index in [1.165, 1.54) is 21.9 Å². The Kier molecular flexibility index (Phi) is 7.83. The Labute approximate surface area is 286 Å². The quantitative estimate of drug-likeness (QED) is 0.164. The SMILES string of the molecule is Cc1ccccc1-c1ccnc(-n2c3[c-]c(C(C)(C)c4[c-]c(N5CN(C)C6C=CC=CC65)ccc4)ccc3c3ccccc32)c1.[Pt+2]. The smallest absolute Gasteiger partial charge is 0.373 e. The predicted molar refractivity (Wildman–Crippen MR) is 186 cm³/mol. The zero-order chi connectivity index (χ0) is 30.7. The van der Waals surface area contributed by atoms with E-state index in [4.69, 9.17) is 4.98 Å². The van der Waals surface area contributed by atoms with Crippen molar-refractivity contribution in [2.24, 2.45) is 0 Å². The Bertz CT molecular complexity index is 2140. The van der Waals surface area contributed by atoms with Crippen LogP contribution in [0.25, 0.3) is 38.8 Å². The van der Waals surface area contributed by atoms with Crippen LogP contribution in [0.4, 0.5) is 5.69 Å². The van der Waals surface area contributed by atoms with Crippen LogP contribution in [0.5, 0.6) is 0 Å². The third kappa shape index (κ3) is 4.96. The Balaban J connectivity index is 0.00000338. The van der Waals surface area contributed by atoms with Gasteiger partial charge in [-0.15, -0.1) is 11.5 Å². The number of likely N-dealkylation sites (N-methyl/N-ethyl adjacent to an activating group) is 1. The number of anilines is 1. The zero-order valence-corrected chi connectivity index (χ0v) is 28.8. The van der Waals surface area contributed by atoms with Gasteiger partial charge in [-0.05, 0) is 59.7 Å². The molecule has 230 valence electrons. The van der Waals surface area contributed by atoms with Crippen LogP contribution in [0.2, 0.25) is 0 Å². The van der Waals surface area contributed by atoms with Crippen LogP contribution in [0, 0.1) is 19.1 Å². The van der Waals surface area contributed by atoms with E-state index in [9.17, 15) is 0 Å². The maximum Gasteiger partial charge on any atom is 2.00 e. The summed E-state index contributed by atoms with van der Waals surface area (Å²) in [6, 6.07) is 40.9. The second-order valence-electron chi connectivity index (χ2n) is 12.9. The number of para-hydroxylation sites is 1. The first-order chi connectivity index (χ1) is 21.9. The van der Waals surface area contributed by atoms with Gasteiger partial charge in [0, 0.05) is 11.7 Å². The number of hydrogen-bond donors (Lipinski definition) is 0. The summed E-state index contributed by atoms with van der Waals surface area (Å²) in [6.07, 6.45) is 10.8. The van der Waals surface area contributed by atoms with Gasteiger partial charge in [-0.3, -0.25) is 4.90 Å². The summed E-state index contributed by atoms with van der Waals surface area (Å²) in [7, 11) is 2.20. The number of allylic oxidation sites excluding steroid dienone is 2. The van der Waals surface area contributed by atoms with Crippen LogP contribution in [-0.4, -0.2) is 40.3 Å². The van der Waals surface area contributed by atoms with Gasteiger partial charge in [0.05, 0.1) is 18.8 Å². The van der Waals surface area contributed by atoms with Gasteiger partial charge in [-0.2, -0.15) is 47.5 Å². The van der Waals surface area contributed by atoms with Crippen molar-refractivity contribution in [1.29, 1.82) is 0 Å². The number of aryl methyl sites for hydroxylation is 1. The minimum atomic E-state index is -0.324. The van der Waals surface area contributed by atoms with Crippen LogP contribution in [0.3, 0.4) is 0 Å². The molecule has 2 unspecified atom stereocenters. The van der Waals surface area contributed by atoms with Gasteiger partial charge in [-0.1, -0.05) is 91.8 Å². The van der Waals surface area contributed by atoms with Gasteiger partial charge in [-0.25, -0.2) is 4.98 Å². The second-order valence-corrected chi connectivity index (χ2v) is 12.9. The molecule has 5 heteroatoms. The monoisotopic (exact) mass is 779 g/mol. The van der Waals surface area contributed by atoms with Gasteiger partial charge in [0.1, 0.15) is 5.82 Å². The number of nitrogens with zero attached hydrogens (tertiary/aromatic N) is 4. The molecule has 0 N–H and O–H groups in total. The summed E-state index contributed by atoms with van der Waals surface area (Å²) in [4.78, 5) is 9.76. The Morgan fingerprint density at radius 1 is 0.783 bits per heavy atom. The van der Waals surface area contributed by atoms with Crippen LogP contribution >= 0.6 is 0 Å². The fourth-order valence-corrected chi connectivity index (χ4v) is 7.18. The van der Waals surface area contributed by atoms with Gasteiger partial charge in [0.25, 0.3) is 0 Å². The van der Waals surface area contributed by atoms with Crippen molar-refractivity contribution in [2.45, 2.75) is 38.3 Å². The van der Waals surface area contributed by atoms with Gasteiger partial charge >= 0.3 is 21.1 Å². The first-order valence-corrected chi connectivity index (χ1v) is 15.7. The van der Waals surface area contributed by atoms with Crippen molar-refractivity contribution >= 4 is 27.5 Å². The van der Waals surface area contributed by atoms with Crippen molar-refractivity contribution < 1.29 is 21.1 Å². The molecule has 0 spiro atoms. The van der Waals surface area contributed by atoms with Crippen LogP contribution in [0.15, 0.2) is 121 Å². The molecule has 4 nitrogen and oxygen atoms in total. The predicted octanol–water partition coefficient (Wildman–Crippen LogP) is 8.65. The molecule has 1 saturated heterocycles. The number of aromatic nitrogens is 2. The van der Waals surface area contributed by atoms with Crippen molar-refractivity contribution in [3.05, 3.63) is 150 Å². The van der Waals surface area contributed by atoms with Crippen molar-refractivity contribution in [3.63, 3.8) is 0 Å². The number of hydrogen-bond acceptors (Lipinski definition) is 3. The summed E-state index contributed by atoms with van der Waals surface area (Å²) in [5.41, 5.74) is 8.88. The Hall–Kier alpha value is -4.24. The van der Waals surface area contributed by atoms with E-state index in [0.29, 0.717) is 12.1 Å². The van der Waals surface area contributed by atoms with Crippen LogP contribution < -0.4 is 4.90 Å². The molecule has 2 atom stereocenters. The molecule has 4 aromatic carbocycles. The van der Waals surface area contributed by atoms with Crippen LogP contribution in [0.1, 0.15) is 30.5 Å². The standard InChI is InChI=1S/C41H36N4.Pt/c1-28-12-5-6-15-33(28)29-22-23-42-40(24-29)45-36-17-8-7-16-34(36)35-21-20-31(26-39(35)45)41(2,3)30-13-11-14-32(25-30)44-27-43(4)37-18-9-10-19-38(37)44;/h5-24,37-38H,27H2,1-4H3;/q-2;+2. The Morgan fingerprint density at radius 2 is 1.54 bits per heavy atom. The van der Waals surface area contributed by atoms with E-state index in [1.54, 1.807) is 0 Å². The summed E-state index contributed by atoms with van der Waals surface area (Å²) in [5, 5.41) is 2.38. The molecule has 1 fully saturated rings. The third-order valence-electron chi connectivity index (χ3n) is 9.77. The molecule has 0 bridgehead atoms. The average molecular weight is 780 g/mol. The molecule has 8 rings (SSSR count). The van der Waals surface area contributed by atoms with Gasteiger partial charge in [0.2, 0.25) is 0 Å². The largest absolute Gasteiger partial charge is 2.00 e. The molecular formula is C41H36N4Pt. The van der Waals surface area contributed by atoms with Crippen molar-refractivity contribution in [3.8, 4) is 16.9 Å².